The molecule has 0 bridgehead atoms. The zero-order chi connectivity index (χ0) is 13.6. The highest BCUT2D eigenvalue weighted by molar-refractivity contribution is 5.67. The predicted molar refractivity (Wildman–Crippen MR) is 70.7 cm³/mol. The molecule has 1 unspecified atom stereocenters. The molecule has 1 aliphatic rings. The molecule has 5 nitrogen and oxygen atoms in total. The summed E-state index contributed by atoms with van der Waals surface area (Å²) in [6, 6.07) is 0. The van der Waals surface area contributed by atoms with Gasteiger partial charge < -0.3 is 14.8 Å². The van der Waals surface area contributed by atoms with Crippen molar-refractivity contribution in [1.82, 2.24) is 10.2 Å². The van der Waals surface area contributed by atoms with E-state index in [-0.39, 0.29) is 6.09 Å². The lowest BCUT2D eigenvalue weighted by Gasteiger charge is -2.29. The maximum absolute atomic E-state index is 11.5. The summed E-state index contributed by atoms with van der Waals surface area (Å²) in [5, 5.41) is 2.81. The molecular weight excluding hydrogens is 232 g/mol. The van der Waals surface area contributed by atoms with Crippen molar-refractivity contribution in [3.8, 4) is 0 Å². The van der Waals surface area contributed by atoms with Crippen LogP contribution in [0.4, 0.5) is 4.79 Å². The third kappa shape index (κ3) is 6.81. The van der Waals surface area contributed by atoms with Gasteiger partial charge in [0.15, 0.2) is 0 Å². The summed E-state index contributed by atoms with van der Waals surface area (Å²) < 4.78 is 10.5. The van der Waals surface area contributed by atoms with Crippen molar-refractivity contribution >= 4 is 6.09 Å². The van der Waals surface area contributed by atoms with Gasteiger partial charge in [-0.05, 0) is 26.7 Å². The predicted octanol–water partition coefficient (Wildman–Crippen LogP) is 1.48. The zero-order valence-electron chi connectivity index (χ0n) is 12.0. The highest BCUT2D eigenvalue weighted by Crippen LogP contribution is 2.07. The average molecular weight is 258 g/mol. The minimum Gasteiger partial charge on any atom is -0.444 e. The lowest BCUT2D eigenvalue weighted by Crippen LogP contribution is -2.42. The van der Waals surface area contributed by atoms with E-state index in [1.807, 2.05) is 20.8 Å². The molecular formula is C13H26N2O3. The molecule has 1 rings (SSSR count). The van der Waals surface area contributed by atoms with Crippen LogP contribution in [0.5, 0.6) is 0 Å². The van der Waals surface area contributed by atoms with Crippen molar-refractivity contribution < 1.29 is 14.3 Å². The Morgan fingerprint density at radius 1 is 1.39 bits per heavy atom. The van der Waals surface area contributed by atoms with Gasteiger partial charge >= 0.3 is 6.09 Å². The molecule has 1 amide bonds. The molecule has 0 radical (unpaired) electrons. The second kappa shape index (κ2) is 6.95. The number of nitrogens with one attached hydrogen (secondary N) is 1. The van der Waals surface area contributed by atoms with Crippen molar-refractivity contribution in [1.29, 1.82) is 0 Å². The van der Waals surface area contributed by atoms with Crippen LogP contribution in [-0.4, -0.2) is 56.0 Å². The van der Waals surface area contributed by atoms with E-state index in [0.717, 1.165) is 32.8 Å². The third-order valence-electron chi connectivity index (χ3n) is 2.67. The van der Waals surface area contributed by atoms with Crippen LogP contribution in [0.3, 0.4) is 0 Å². The number of alkyl carbamates (subject to hydrolysis) is 1. The van der Waals surface area contributed by atoms with Gasteiger partial charge in [-0.15, -0.1) is 0 Å². The normalized spacial score (nSPS) is 19.3. The Labute approximate surface area is 110 Å². The summed E-state index contributed by atoms with van der Waals surface area (Å²) in [7, 11) is 0. The van der Waals surface area contributed by atoms with E-state index >= 15 is 0 Å². The maximum Gasteiger partial charge on any atom is 0.407 e. The maximum atomic E-state index is 11.5. The van der Waals surface area contributed by atoms with Gasteiger partial charge in [-0.1, -0.05) is 6.92 Å². The fourth-order valence-electron chi connectivity index (χ4n) is 1.86. The van der Waals surface area contributed by atoms with Crippen molar-refractivity contribution in [3.05, 3.63) is 0 Å². The van der Waals surface area contributed by atoms with E-state index in [9.17, 15) is 4.79 Å². The monoisotopic (exact) mass is 258 g/mol. The Morgan fingerprint density at radius 3 is 2.56 bits per heavy atom. The standard InChI is InChI=1S/C13H26N2O3/c1-11(10-15-5-7-17-8-6-15)9-14-12(16)18-13(2,3)4/h11H,5-10H2,1-4H3,(H,14,16). The van der Waals surface area contributed by atoms with Crippen LogP contribution in [0.25, 0.3) is 0 Å². The number of carbonyl (C=O) groups is 1. The van der Waals surface area contributed by atoms with Crippen LogP contribution in [0.15, 0.2) is 0 Å². The Morgan fingerprint density at radius 2 is 2.00 bits per heavy atom. The van der Waals surface area contributed by atoms with Crippen LogP contribution in [0.2, 0.25) is 0 Å². The number of hydrogen-bond acceptors (Lipinski definition) is 4. The number of morpholine rings is 1. The highest BCUT2D eigenvalue weighted by atomic mass is 16.6. The Balaban J connectivity index is 2.16. The quantitative estimate of drug-likeness (QED) is 0.830. The Bertz CT molecular complexity index is 257. The van der Waals surface area contributed by atoms with Gasteiger partial charge in [-0.25, -0.2) is 4.79 Å². The molecule has 1 fully saturated rings. The molecule has 1 heterocycles. The molecule has 1 aliphatic heterocycles. The van der Waals surface area contributed by atoms with Crippen LogP contribution in [-0.2, 0) is 9.47 Å². The Kier molecular flexibility index (Phi) is 5.88. The van der Waals surface area contributed by atoms with E-state index in [0.29, 0.717) is 12.5 Å². The average Bonchev–Trinajstić information content (AvgIpc) is 2.25. The molecule has 1 saturated heterocycles. The van der Waals surface area contributed by atoms with Crippen LogP contribution >= 0.6 is 0 Å². The molecule has 0 aromatic carbocycles. The highest BCUT2D eigenvalue weighted by Gasteiger charge is 2.18. The number of amides is 1. The summed E-state index contributed by atoms with van der Waals surface area (Å²) in [5.74, 6) is 0.413. The van der Waals surface area contributed by atoms with E-state index in [1.54, 1.807) is 0 Å². The summed E-state index contributed by atoms with van der Waals surface area (Å²) >= 11 is 0. The summed E-state index contributed by atoms with van der Waals surface area (Å²) in [5.41, 5.74) is -0.433. The van der Waals surface area contributed by atoms with Crippen molar-refractivity contribution in [2.24, 2.45) is 5.92 Å². The SMILES string of the molecule is CC(CNC(=O)OC(C)(C)C)CN1CCOCC1. The van der Waals surface area contributed by atoms with Gasteiger partial charge in [-0.2, -0.15) is 0 Å². The fourth-order valence-corrected chi connectivity index (χ4v) is 1.86. The lowest BCUT2D eigenvalue weighted by atomic mass is 10.1. The molecule has 18 heavy (non-hydrogen) atoms. The summed E-state index contributed by atoms with van der Waals surface area (Å²) in [4.78, 5) is 13.9. The molecule has 106 valence electrons. The van der Waals surface area contributed by atoms with E-state index in [1.165, 1.54) is 0 Å². The molecule has 0 spiro atoms. The van der Waals surface area contributed by atoms with Gasteiger partial charge in [0.25, 0.3) is 0 Å². The molecule has 0 saturated carbocycles. The van der Waals surface area contributed by atoms with Gasteiger partial charge in [0.2, 0.25) is 0 Å². The zero-order valence-corrected chi connectivity index (χ0v) is 12.0. The second-order valence-corrected chi connectivity index (χ2v) is 5.90. The van der Waals surface area contributed by atoms with Gasteiger partial charge in [-0.3, -0.25) is 4.90 Å². The van der Waals surface area contributed by atoms with E-state index < -0.39 is 5.60 Å². The van der Waals surface area contributed by atoms with Crippen LogP contribution in [0, 0.1) is 5.92 Å². The topological polar surface area (TPSA) is 50.8 Å². The van der Waals surface area contributed by atoms with E-state index in [2.05, 4.69) is 17.1 Å². The van der Waals surface area contributed by atoms with Gasteiger partial charge in [0.1, 0.15) is 5.60 Å². The number of carbonyl (C=O) groups excluding carboxylic acids is 1. The molecule has 1 N–H and O–H groups in total. The first-order valence-corrected chi connectivity index (χ1v) is 6.64. The first-order chi connectivity index (χ1) is 8.37. The van der Waals surface area contributed by atoms with Gasteiger partial charge in [0, 0.05) is 26.2 Å². The van der Waals surface area contributed by atoms with Gasteiger partial charge in [0.05, 0.1) is 13.2 Å². The molecule has 1 atom stereocenters. The Hall–Kier alpha value is -0.810. The molecule has 0 aliphatic carbocycles. The first kappa shape index (κ1) is 15.2. The second-order valence-electron chi connectivity index (χ2n) is 5.90. The summed E-state index contributed by atoms with van der Waals surface area (Å²) in [6.07, 6.45) is -0.337. The first-order valence-electron chi connectivity index (χ1n) is 6.64. The molecule has 5 heteroatoms. The van der Waals surface area contributed by atoms with Crippen molar-refractivity contribution in [2.45, 2.75) is 33.3 Å². The number of hydrogen-bond donors (Lipinski definition) is 1. The third-order valence-corrected chi connectivity index (χ3v) is 2.67. The smallest absolute Gasteiger partial charge is 0.407 e. The molecule has 0 aromatic rings. The summed E-state index contributed by atoms with van der Waals surface area (Å²) in [6.45, 7) is 12.9. The van der Waals surface area contributed by atoms with Crippen molar-refractivity contribution in [2.75, 3.05) is 39.4 Å². The van der Waals surface area contributed by atoms with E-state index in [4.69, 9.17) is 9.47 Å². The minimum absolute atomic E-state index is 0.337. The number of rotatable bonds is 4. The lowest BCUT2D eigenvalue weighted by molar-refractivity contribution is 0.0303. The molecule has 0 aromatic heterocycles. The largest absolute Gasteiger partial charge is 0.444 e. The number of nitrogens with zero attached hydrogens (tertiary/aromatic N) is 1. The number of ether oxygens (including phenoxy) is 2. The van der Waals surface area contributed by atoms with Crippen molar-refractivity contribution in [3.63, 3.8) is 0 Å². The van der Waals surface area contributed by atoms with Crippen LogP contribution < -0.4 is 5.32 Å². The van der Waals surface area contributed by atoms with Crippen LogP contribution in [0.1, 0.15) is 27.7 Å². The fraction of sp³-hybridized carbons (Fsp3) is 0.923. The minimum atomic E-state index is -0.433.